The number of rotatable bonds is 4. The molecule has 0 unspecified atom stereocenters. The monoisotopic (exact) mass is 459 g/mol. The molecule has 0 radical (unpaired) electrons. The number of benzene rings is 1. The van der Waals surface area contributed by atoms with Crippen LogP contribution in [0, 0.1) is 6.66 Å². The van der Waals surface area contributed by atoms with E-state index in [0.29, 0.717) is 0 Å². The molecule has 0 saturated heterocycles. The van der Waals surface area contributed by atoms with Crippen molar-refractivity contribution in [1.82, 2.24) is 0 Å². The molecule has 0 N–H and O–H groups in total. The topological polar surface area (TPSA) is 9.23 Å². The molecule has 4 heteroatoms. The first-order valence-corrected chi connectivity index (χ1v) is 13.4. The third kappa shape index (κ3) is 4.77. The van der Waals surface area contributed by atoms with E-state index in [1.54, 1.807) is 12.4 Å². The summed E-state index contributed by atoms with van der Waals surface area (Å²) in [6, 6.07) is 8.98. The predicted molar refractivity (Wildman–Crippen MR) is 105 cm³/mol. The maximum atomic E-state index is 5.36. The van der Waals surface area contributed by atoms with Gasteiger partial charge in [0.05, 0.1) is 12.4 Å². The molecule has 3 rings (SSSR count). The van der Waals surface area contributed by atoms with Crippen LogP contribution in [-0.2, 0) is 18.2 Å². The second kappa shape index (κ2) is 10.5. The Kier molecular flexibility index (Phi) is 9.08. The molecule has 2 aliphatic carbocycles. The van der Waals surface area contributed by atoms with E-state index in [0.717, 1.165) is 17.1 Å². The van der Waals surface area contributed by atoms with E-state index in [9.17, 15) is 0 Å². The fourth-order valence-electron chi connectivity index (χ4n) is 4.66. The molecular weight excluding hydrogens is 429 g/mol. The van der Waals surface area contributed by atoms with E-state index < -0.39 is 7.26 Å². The molecule has 0 aromatic heterocycles. The average molecular weight is 460 g/mol. The SMILES string of the molecule is [CH2-][P+](c1ccc(OC)cc1)(C1CCCCC1)C1CCCCC1.[Cl][Pd+]. The molecule has 0 aliphatic heterocycles. The Morgan fingerprint density at radius 3 is 1.67 bits per heavy atom. The Bertz CT molecular complexity index is 449. The first-order chi connectivity index (χ1) is 11.7. The molecule has 0 atom stereocenters. The molecule has 0 amide bonds. The zero-order valence-corrected chi connectivity index (χ0v) is 18.0. The van der Waals surface area contributed by atoms with Crippen LogP contribution in [-0.4, -0.2) is 18.4 Å². The molecule has 2 saturated carbocycles. The second-order valence-electron chi connectivity index (χ2n) is 7.21. The van der Waals surface area contributed by atoms with E-state index in [1.807, 2.05) is 0 Å². The summed E-state index contributed by atoms with van der Waals surface area (Å²) in [7, 11) is 4.93. The fourth-order valence-corrected chi connectivity index (χ4v) is 9.38. The molecule has 138 valence electrons. The first kappa shape index (κ1) is 20.7. The molecule has 2 fully saturated rings. The summed E-state index contributed by atoms with van der Waals surface area (Å²) in [5, 5.41) is 1.56. The second-order valence-corrected chi connectivity index (χ2v) is 11.1. The van der Waals surface area contributed by atoms with Crippen LogP contribution < -0.4 is 10.0 Å². The summed E-state index contributed by atoms with van der Waals surface area (Å²) in [4.78, 5) is 0. The Balaban J connectivity index is 0.00000100. The molecule has 0 bridgehead atoms. The molecule has 1 aromatic carbocycles. The number of methoxy groups -OCH3 is 1. The summed E-state index contributed by atoms with van der Waals surface area (Å²) in [5.41, 5.74) is 1.75. The quantitative estimate of drug-likeness (QED) is 0.284. The summed E-state index contributed by atoms with van der Waals surface area (Å²) in [6.07, 6.45) is 14.2. The van der Waals surface area contributed by atoms with E-state index in [-0.39, 0.29) is 0 Å². The van der Waals surface area contributed by atoms with Crippen molar-refractivity contribution in [3.8, 4) is 5.75 Å². The van der Waals surface area contributed by atoms with Gasteiger partial charge in [-0.25, -0.2) is 0 Å². The van der Waals surface area contributed by atoms with Gasteiger partial charge in [0, 0.05) is 11.3 Å². The number of ether oxygens (including phenoxy) is 1. The normalized spacial score (nSPS) is 20.2. The minimum atomic E-state index is -1.31. The number of hydrogen-bond acceptors (Lipinski definition) is 1. The van der Waals surface area contributed by atoms with Gasteiger partial charge in [-0.3, -0.25) is 0 Å². The Morgan fingerprint density at radius 1 is 0.875 bits per heavy atom. The van der Waals surface area contributed by atoms with Crippen LogP contribution in [0.5, 0.6) is 5.75 Å². The summed E-state index contributed by atoms with van der Waals surface area (Å²) in [6.45, 7) is 5.01. The average Bonchev–Trinajstić information content (AvgIpc) is 2.70. The van der Waals surface area contributed by atoms with Crippen LogP contribution in [0.4, 0.5) is 0 Å². The van der Waals surface area contributed by atoms with Crippen LogP contribution in [0.1, 0.15) is 64.2 Å². The Morgan fingerprint density at radius 2 is 1.29 bits per heavy atom. The molecule has 1 nitrogen and oxygen atoms in total. The molecule has 2 aliphatic rings. The van der Waals surface area contributed by atoms with Crippen molar-refractivity contribution in [2.45, 2.75) is 75.5 Å². The summed E-state index contributed by atoms with van der Waals surface area (Å²) >= 11 is 2.22. The summed E-state index contributed by atoms with van der Waals surface area (Å²) < 4.78 is 5.36. The van der Waals surface area contributed by atoms with Gasteiger partial charge in [-0.1, -0.05) is 20.1 Å². The van der Waals surface area contributed by atoms with E-state index in [2.05, 4.69) is 52.0 Å². The van der Waals surface area contributed by atoms with Crippen LogP contribution >= 0.6 is 16.8 Å². The fraction of sp³-hybridized carbons (Fsp3) is 0.650. The predicted octanol–water partition coefficient (Wildman–Crippen LogP) is 6.48. The first-order valence-electron chi connectivity index (χ1n) is 9.24. The maximum absolute atomic E-state index is 5.36. The Labute approximate surface area is 164 Å². The van der Waals surface area contributed by atoms with Crippen molar-refractivity contribution in [3.63, 3.8) is 0 Å². The van der Waals surface area contributed by atoms with Gasteiger partial charge in [-0.05, 0) is 75.6 Å². The molecular formula is C20H31ClOPPd+. The van der Waals surface area contributed by atoms with Gasteiger partial charge < -0.3 is 4.74 Å². The van der Waals surface area contributed by atoms with Crippen molar-refractivity contribution in [1.29, 1.82) is 0 Å². The zero-order chi connectivity index (χ0) is 17.4. The third-order valence-corrected chi connectivity index (χ3v) is 10.9. The third-order valence-electron chi connectivity index (χ3n) is 6.01. The van der Waals surface area contributed by atoms with Crippen molar-refractivity contribution in [3.05, 3.63) is 30.9 Å². The van der Waals surface area contributed by atoms with Gasteiger partial charge >= 0.3 is 27.7 Å². The number of hydrogen-bond donors (Lipinski definition) is 0. The van der Waals surface area contributed by atoms with Crippen molar-refractivity contribution < 1.29 is 22.9 Å². The molecule has 0 spiro atoms. The van der Waals surface area contributed by atoms with Gasteiger partial charge in [0.2, 0.25) is 0 Å². The minimum absolute atomic E-state index is 0.873. The van der Waals surface area contributed by atoms with Gasteiger partial charge in [0.25, 0.3) is 0 Å². The van der Waals surface area contributed by atoms with Gasteiger partial charge in [0.15, 0.2) is 0 Å². The van der Waals surface area contributed by atoms with E-state index in [1.165, 1.54) is 64.2 Å². The van der Waals surface area contributed by atoms with Crippen molar-refractivity contribution in [2.24, 2.45) is 0 Å². The van der Waals surface area contributed by atoms with Crippen molar-refractivity contribution >= 4 is 22.1 Å². The molecule has 24 heavy (non-hydrogen) atoms. The van der Waals surface area contributed by atoms with Crippen molar-refractivity contribution in [2.75, 3.05) is 7.11 Å². The van der Waals surface area contributed by atoms with Crippen LogP contribution in [0.15, 0.2) is 24.3 Å². The summed E-state index contributed by atoms with van der Waals surface area (Å²) in [5.74, 6) is 0.975. The Hall–Kier alpha value is 0.402. The van der Waals surface area contributed by atoms with Gasteiger partial charge in [-0.2, -0.15) is 6.66 Å². The number of halogens is 1. The molecule has 0 heterocycles. The zero-order valence-electron chi connectivity index (χ0n) is 14.8. The van der Waals surface area contributed by atoms with Crippen LogP contribution in [0.3, 0.4) is 0 Å². The van der Waals surface area contributed by atoms with E-state index in [4.69, 9.17) is 11.4 Å². The van der Waals surface area contributed by atoms with Gasteiger partial charge in [0.1, 0.15) is 5.75 Å². The standard InChI is InChI=1S/C20H31OP.ClH.Pd/c1-21-17-13-15-20(16-14-17)22(2,18-9-5-3-6-10-18)19-11-7-4-8-12-19;;/h13-16,18-19H,2-12H2,1H3;1H;/q;;+2/p-1. The van der Waals surface area contributed by atoms with Crippen LogP contribution in [0.2, 0.25) is 0 Å². The van der Waals surface area contributed by atoms with Crippen LogP contribution in [0.25, 0.3) is 0 Å². The van der Waals surface area contributed by atoms with E-state index >= 15 is 0 Å². The molecule has 1 aromatic rings. The van der Waals surface area contributed by atoms with Gasteiger partial charge in [-0.15, -0.1) is 0 Å².